The zero-order valence-corrected chi connectivity index (χ0v) is 11.8. The maximum absolute atomic E-state index is 2.51. The van der Waals surface area contributed by atoms with E-state index in [1.54, 1.807) is 11.1 Å². The molecule has 1 heteroatoms. The summed E-state index contributed by atoms with van der Waals surface area (Å²) in [6.07, 6.45) is 21.8. The first-order valence-corrected chi connectivity index (χ1v) is 7.55. The van der Waals surface area contributed by atoms with Crippen LogP contribution in [0.25, 0.3) is 0 Å². The van der Waals surface area contributed by atoms with Gasteiger partial charge in [-0.3, -0.25) is 0 Å². The van der Waals surface area contributed by atoms with E-state index < -0.39 is 0 Å². The summed E-state index contributed by atoms with van der Waals surface area (Å²) < 4.78 is 0.430. The molecule has 1 fully saturated rings. The van der Waals surface area contributed by atoms with Crippen LogP contribution in [0, 0.1) is 5.92 Å². The van der Waals surface area contributed by atoms with E-state index in [0.29, 0.717) is 3.72 Å². The molecule has 0 spiro atoms. The molecule has 2 atom stereocenters. The zero-order chi connectivity index (χ0) is 11.7. The summed E-state index contributed by atoms with van der Waals surface area (Å²) in [4.78, 5) is 0. The van der Waals surface area contributed by atoms with Gasteiger partial charge in [0.05, 0.1) is 0 Å². The van der Waals surface area contributed by atoms with Crippen molar-refractivity contribution < 1.29 is 21.9 Å². The van der Waals surface area contributed by atoms with Crippen molar-refractivity contribution in [1.29, 1.82) is 0 Å². The van der Waals surface area contributed by atoms with Crippen LogP contribution in [-0.4, -0.2) is 0 Å². The molecule has 2 unspecified atom stereocenters. The standard InChI is InChI=1S/C16H19.Ti.H/c1-2-8-13(7-1)15-11-5-6-12-16(15)14-9-3-4-10-14;;/h1-4,7,9,15H,5-6,8,10-12H2;;/q;;-1. The Morgan fingerprint density at radius 1 is 1.12 bits per heavy atom. The Kier molecular flexibility index (Phi) is 3.28. The van der Waals surface area contributed by atoms with E-state index in [4.69, 9.17) is 0 Å². The van der Waals surface area contributed by atoms with Gasteiger partial charge < -0.3 is 1.43 Å². The second kappa shape index (κ2) is 4.74. The van der Waals surface area contributed by atoms with Crippen LogP contribution >= 0.6 is 0 Å². The maximum atomic E-state index is 2.51. The van der Waals surface area contributed by atoms with E-state index in [-0.39, 0.29) is 1.43 Å². The van der Waals surface area contributed by atoms with Crippen LogP contribution in [0.5, 0.6) is 0 Å². The predicted molar refractivity (Wildman–Crippen MR) is 69.4 cm³/mol. The summed E-state index contributed by atoms with van der Waals surface area (Å²) in [6, 6.07) is 0. The summed E-state index contributed by atoms with van der Waals surface area (Å²) in [5.74, 6) is 0.789. The average Bonchev–Trinajstić information content (AvgIpc) is 3.03. The first-order valence-electron chi connectivity index (χ1n) is 6.77. The van der Waals surface area contributed by atoms with E-state index in [2.05, 4.69) is 56.9 Å². The van der Waals surface area contributed by atoms with Gasteiger partial charge in [-0.15, -0.1) is 0 Å². The van der Waals surface area contributed by atoms with Crippen molar-refractivity contribution in [2.45, 2.75) is 42.2 Å². The summed E-state index contributed by atoms with van der Waals surface area (Å²) in [6.45, 7) is 0. The van der Waals surface area contributed by atoms with Crippen molar-refractivity contribution in [3.63, 3.8) is 0 Å². The van der Waals surface area contributed by atoms with Gasteiger partial charge in [0.15, 0.2) is 0 Å². The topological polar surface area (TPSA) is 0 Å². The summed E-state index contributed by atoms with van der Waals surface area (Å²) in [5.41, 5.74) is 3.36. The Morgan fingerprint density at radius 3 is 2.65 bits per heavy atom. The number of rotatable bonds is 2. The Morgan fingerprint density at radius 2 is 1.94 bits per heavy atom. The van der Waals surface area contributed by atoms with E-state index >= 15 is 0 Å². The zero-order valence-electron chi connectivity index (χ0n) is 11.3. The number of hydrogen-bond donors (Lipinski definition) is 0. The monoisotopic (exact) mass is 260 g/mol. The van der Waals surface area contributed by atoms with Crippen LogP contribution in [0.4, 0.5) is 0 Å². The van der Waals surface area contributed by atoms with Crippen molar-refractivity contribution in [1.82, 2.24) is 0 Å². The second-order valence-electron chi connectivity index (χ2n) is 5.47. The number of hydrogen-bond acceptors (Lipinski definition) is 0. The SMILES string of the molecule is [H-].[Ti][C]1(C2=CC=CC2)CCCCC1C1=CC=CC1. The van der Waals surface area contributed by atoms with E-state index in [1.807, 2.05) is 0 Å². The molecule has 0 aliphatic heterocycles. The molecule has 0 aromatic rings. The molecular weight excluding hydrogens is 240 g/mol. The van der Waals surface area contributed by atoms with Gasteiger partial charge in [0.2, 0.25) is 0 Å². The third-order valence-corrected chi connectivity index (χ3v) is 5.94. The van der Waals surface area contributed by atoms with E-state index in [1.165, 1.54) is 38.5 Å². The van der Waals surface area contributed by atoms with Gasteiger partial charge in [-0.2, -0.15) is 0 Å². The molecule has 0 amide bonds. The molecule has 0 aromatic carbocycles. The molecule has 0 bridgehead atoms. The van der Waals surface area contributed by atoms with Crippen LogP contribution in [0.3, 0.4) is 0 Å². The van der Waals surface area contributed by atoms with E-state index in [9.17, 15) is 0 Å². The number of allylic oxidation sites excluding steroid dienone is 8. The van der Waals surface area contributed by atoms with Gasteiger partial charge in [0.1, 0.15) is 0 Å². The van der Waals surface area contributed by atoms with Crippen molar-refractivity contribution in [3.8, 4) is 0 Å². The van der Waals surface area contributed by atoms with Gasteiger partial charge in [0.25, 0.3) is 0 Å². The van der Waals surface area contributed by atoms with Gasteiger partial charge in [-0.05, 0) is 0 Å². The van der Waals surface area contributed by atoms with Crippen LogP contribution < -0.4 is 0 Å². The third kappa shape index (κ3) is 2.06. The Labute approximate surface area is 117 Å². The fourth-order valence-electron chi connectivity index (χ4n) is 3.56. The van der Waals surface area contributed by atoms with Gasteiger partial charge in [-0.25, -0.2) is 0 Å². The second-order valence-corrected chi connectivity index (χ2v) is 6.86. The van der Waals surface area contributed by atoms with Gasteiger partial charge in [-0.1, -0.05) is 0 Å². The predicted octanol–water partition coefficient (Wildman–Crippen LogP) is 4.77. The molecule has 0 saturated heterocycles. The van der Waals surface area contributed by atoms with Crippen molar-refractivity contribution in [3.05, 3.63) is 47.6 Å². The van der Waals surface area contributed by atoms with Crippen LogP contribution in [-0.2, 0) is 20.4 Å². The van der Waals surface area contributed by atoms with Gasteiger partial charge in [0, 0.05) is 0 Å². The minimum atomic E-state index is 0. The molecule has 0 N–H and O–H groups in total. The van der Waals surface area contributed by atoms with Gasteiger partial charge >= 0.3 is 116 Å². The Bertz CT molecular complexity index is 430. The average molecular weight is 260 g/mol. The summed E-state index contributed by atoms with van der Waals surface area (Å²) >= 11 is 2.51. The molecule has 0 heterocycles. The van der Waals surface area contributed by atoms with Crippen molar-refractivity contribution in [2.24, 2.45) is 5.92 Å². The molecule has 17 heavy (non-hydrogen) atoms. The molecular formula is C16H20Ti-. The fraction of sp³-hybridized carbons (Fsp3) is 0.500. The molecule has 0 aromatic heterocycles. The molecule has 0 radical (unpaired) electrons. The summed E-state index contributed by atoms with van der Waals surface area (Å²) in [7, 11) is 0. The van der Waals surface area contributed by atoms with Crippen molar-refractivity contribution >= 4 is 0 Å². The molecule has 3 rings (SSSR count). The molecule has 0 nitrogen and oxygen atoms in total. The first-order chi connectivity index (χ1) is 8.31. The van der Waals surface area contributed by atoms with Crippen LogP contribution in [0.2, 0.25) is 3.72 Å². The van der Waals surface area contributed by atoms with Crippen molar-refractivity contribution in [2.75, 3.05) is 0 Å². The quantitative estimate of drug-likeness (QED) is 0.627. The Hall–Kier alpha value is -0.326. The first kappa shape index (κ1) is 11.7. The van der Waals surface area contributed by atoms with Crippen LogP contribution in [0.1, 0.15) is 40.0 Å². The minimum absolute atomic E-state index is 0. The summed E-state index contributed by atoms with van der Waals surface area (Å²) in [5, 5.41) is 0. The molecule has 3 aliphatic carbocycles. The Balaban J connectivity index is 0.00000120. The normalized spacial score (nSPS) is 36.1. The third-order valence-electron chi connectivity index (χ3n) is 4.50. The van der Waals surface area contributed by atoms with E-state index in [0.717, 1.165) is 5.92 Å². The molecule has 1 saturated carbocycles. The molecule has 3 aliphatic rings. The molecule has 89 valence electrons. The fourth-order valence-corrected chi connectivity index (χ4v) is 4.64. The van der Waals surface area contributed by atoms with Crippen LogP contribution in [0.15, 0.2) is 47.6 Å².